The number of amides is 2. The molecule has 0 radical (unpaired) electrons. The molecule has 0 bridgehead atoms. The largest absolute Gasteiger partial charge is 0.323 e. The highest BCUT2D eigenvalue weighted by molar-refractivity contribution is 6.06. The van der Waals surface area contributed by atoms with Crippen molar-refractivity contribution in [1.82, 2.24) is 15.0 Å². The van der Waals surface area contributed by atoms with E-state index in [0.29, 0.717) is 22.3 Å². The van der Waals surface area contributed by atoms with Crippen LogP contribution < -0.4 is 10.2 Å². The molecule has 0 unspecified atom stereocenters. The van der Waals surface area contributed by atoms with Crippen LogP contribution in [0.4, 0.5) is 20.2 Å². The molecule has 4 aromatic carbocycles. The highest BCUT2D eigenvalue weighted by Gasteiger charge is 2.34. The number of hydrogen-bond donors (Lipinski definition) is 1. The second-order valence-electron chi connectivity index (χ2n) is 9.19. The molecule has 1 heterocycles. The zero-order valence-electron chi connectivity index (χ0n) is 21.3. The Bertz CT molecular complexity index is 1630. The summed E-state index contributed by atoms with van der Waals surface area (Å²) < 4.78 is 29.2. The molecule has 1 N–H and O–H groups in total. The summed E-state index contributed by atoms with van der Waals surface area (Å²) >= 11 is 0. The molecule has 9 heteroatoms. The van der Waals surface area contributed by atoms with Crippen molar-refractivity contribution in [3.05, 3.63) is 119 Å². The Morgan fingerprint density at radius 1 is 0.846 bits per heavy atom. The predicted octanol–water partition coefficient (Wildman–Crippen LogP) is 5.74. The van der Waals surface area contributed by atoms with Gasteiger partial charge < -0.3 is 5.32 Å². The molecule has 0 spiro atoms. The first-order valence-corrected chi connectivity index (χ1v) is 12.3. The van der Waals surface area contributed by atoms with Crippen LogP contribution >= 0.6 is 0 Å². The summed E-state index contributed by atoms with van der Waals surface area (Å²) in [6, 6.07) is 22.3. The van der Waals surface area contributed by atoms with Gasteiger partial charge in [-0.1, -0.05) is 47.7 Å². The quantitative estimate of drug-likeness (QED) is 0.294. The number of para-hydroxylation sites is 2. The summed E-state index contributed by atoms with van der Waals surface area (Å²) in [6.07, 6.45) is 0. The lowest BCUT2D eigenvalue weighted by Crippen LogP contribution is -2.43. The minimum absolute atomic E-state index is 0.244. The summed E-state index contributed by atoms with van der Waals surface area (Å²) in [5.41, 5.74) is 4.22. The molecule has 5 aromatic rings. The average Bonchev–Trinajstić information content (AvgIpc) is 3.33. The summed E-state index contributed by atoms with van der Waals surface area (Å²) in [5, 5.41) is 11.2. The average molecular weight is 526 g/mol. The molecule has 0 saturated carbocycles. The maximum atomic E-state index is 14.0. The van der Waals surface area contributed by atoms with Gasteiger partial charge in [0, 0.05) is 11.4 Å². The maximum Gasteiger partial charge on any atom is 0.252 e. The smallest absolute Gasteiger partial charge is 0.252 e. The molecule has 0 aliphatic rings. The third-order valence-corrected chi connectivity index (χ3v) is 6.50. The molecule has 0 aliphatic carbocycles. The second-order valence-corrected chi connectivity index (χ2v) is 9.19. The Morgan fingerprint density at radius 3 is 2.13 bits per heavy atom. The lowest BCUT2D eigenvalue weighted by Gasteiger charge is -2.32. The SMILES string of the molecule is Cc1cccc(C)c1NC(=O)[C@H](c1ccc(F)cc1)N(C(=O)Cn1nnc2ccccc21)c1ccc(F)cc1. The minimum Gasteiger partial charge on any atom is -0.323 e. The summed E-state index contributed by atoms with van der Waals surface area (Å²) in [4.78, 5) is 29.3. The van der Waals surface area contributed by atoms with Crippen molar-refractivity contribution in [2.24, 2.45) is 0 Å². The molecular formula is C30H25F2N5O2. The van der Waals surface area contributed by atoms with Crippen molar-refractivity contribution in [3.63, 3.8) is 0 Å². The normalized spacial score (nSPS) is 11.8. The number of rotatable bonds is 7. The molecule has 2 amide bonds. The zero-order chi connectivity index (χ0) is 27.5. The Kier molecular flexibility index (Phi) is 7.14. The molecule has 1 atom stereocenters. The van der Waals surface area contributed by atoms with E-state index in [4.69, 9.17) is 0 Å². The Balaban J connectivity index is 1.61. The number of hydrogen-bond acceptors (Lipinski definition) is 4. The molecule has 0 fully saturated rings. The van der Waals surface area contributed by atoms with Gasteiger partial charge in [0.05, 0.1) is 5.52 Å². The van der Waals surface area contributed by atoms with Crippen LogP contribution in [-0.4, -0.2) is 26.8 Å². The van der Waals surface area contributed by atoms with E-state index in [2.05, 4.69) is 15.6 Å². The minimum atomic E-state index is -1.21. The lowest BCUT2D eigenvalue weighted by molar-refractivity contribution is -0.124. The molecule has 39 heavy (non-hydrogen) atoms. The van der Waals surface area contributed by atoms with E-state index in [0.717, 1.165) is 11.1 Å². The van der Waals surface area contributed by atoms with Crippen LogP contribution in [0.5, 0.6) is 0 Å². The molecule has 196 valence electrons. The van der Waals surface area contributed by atoms with Crippen LogP contribution in [0.3, 0.4) is 0 Å². The number of benzene rings is 4. The number of anilines is 2. The number of fused-ring (bicyclic) bond motifs is 1. The highest BCUT2D eigenvalue weighted by Crippen LogP contribution is 2.31. The monoisotopic (exact) mass is 525 g/mol. The van der Waals surface area contributed by atoms with Gasteiger partial charge in [0.15, 0.2) is 0 Å². The highest BCUT2D eigenvalue weighted by atomic mass is 19.1. The number of nitrogens with zero attached hydrogens (tertiary/aromatic N) is 4. The van der Waals surface area contributed by atoms with Gasteiger partial charge in [-0.25, -0.2) is 13.5 Å². The summed E-state index contributed by atoms with van der Waals surface area (Å²) in [6.45, 7) is 3.49. The first kappa shape index (κ1) is 25.7. The van der Waals surface area contributed by atoms with Crippen LogP contribution in [0.2, 0.25) is 0 Å². The molecule has 0 aliphatic heterocycles. The van der Waals surface area contributed by atoms with Gasteiger partial charge in [0.25, 0.3) is 5.91 Å². The van der Waals surface area contributed by atoms with E-state index in [1.165, 1.54) is 58.1 Å². The van der Waals surface area contributed by atoms with E-state index >= 15 is 0 Å². The van der Waals surface area contributed by atoms with Crippen LogP contribution in [-0.2, 0) is 16.1 Å². The van der Waals surface area contributed by atoms with Crippen molar-refractivity contribution in [1.29, 1.82) is 0 Å². The first-order chi connectivity index (χ1) is 18.8. The van der Waals surface area contributed by atoms with Crippen LogP contribution in [0.15, 0.2) is 91.0 Å². The predicted molar refractivity (Wildman–Crippen MR) is 145 cm³/mol. The first-order valence-electron chi connectivity index (χ1n) is 12.3. The zero-order valence-corrected chi connectivity index (χ0v) is 21.3. The van der Waals surface area contributed by atoms with Crippen molar-refractivity contribution in [2.45, 2.75) is 26.4 Å². The van der Waals surface area contributed by atoms with Crippen LogP contribution in [0.1, 0.15) is 22.7 Å². The standard InChI is InChI=1S/C30H25F2N5O2/c1-19-6-5-7-20(2)28(19)33-30(39)29(21-10-12-22(31)13-11-21)37(24-16-14-23(32)15-17-24)27(38)18-36-26-9-4-3-8-25(26)34-35-36/h3-17,29H,18H2,1-2H3,(H,33,39)/t29-/m0/s1. The third-order valence-electron chi connectivity index (χ3n) is 6.50. The van der Waals surface area contributed by atoms with E-state index < -0.39 is 29.5 Å². The van der Waals surface area contributed by atoms with Crippen molar-refractivity contribution in [3.8, 4) is 0 Å². The number of halogens is 2. The fourth-order valence-corrected chi connectivity index (χ4v) is 4.54. The summed E-state index contributed by atoms with van der Waals surface area (Å²) in [5.74, 6) is -1.99. The number of carbonyl (C=O) groups excluding carboxylic acids is 2. The van der Waals surface area contributed by atoms with Crippen molar-refractivity contribution < 1.29 is 18.4 Å². The molecule has 1 aromatic heterocycles. The second kappa shape index (κ2) is 10.8. The van der Waals surface area contributed by atoms with Crippen molar-refractivity contribution in [2.75, 3.05) is 10.2 Å². The van der Waals surface area contributed by atoms with E-state index in [9.17, 15) is 18.4 Å². The van der Waals surface area contributed by atoms with Gasteiger partial charge in [-0.2, -0.15) is 0 Å². The van der Waals surface area contributed by atoms with Crippen LogP contribution in [0, 0.1) is 25.5 Å². The van der Waals surface area contributed by atoms with Gasteiger partial charge in [-0.3, -0.25) is 14.5 Å². The molecule has 7 nitrogen and oxygen atoms in total. The fraction of sp³-hybridized carbons (Fsp3) is 0.133. The number of nitrogens with one attached hydrogen (secondary N) is 1. The topological polar surface area (TPSA) is 80.1 Å². The fourth-order valence-electron chi connectivity index (χ4n) is 4.54. The Labute approximate surface area is 223 Å². The van der Waals surface area contributed by atoms with Crippen LogP contribution in [0.25, 0.3) is 11.0 Å². The Morgan fingerprint density at radius 2 is 1.46 bits per heavy atom. The van der Waals surface area contributed by atoms with Gasteiger partial charge in [-0.15, -0.1) is 5.10 Å². The summed E-state index contributed by atoms with van der Waals surface area (Å²) in [7, 11) is 0. The lowest BCUT2D eigenvalue weighted by atomic mass is 10.0. The molecular weight excluding hydrogens is 500 g/mol. The van der Waals surface area contributed by atoms with E-state index in [1.54, 1.807) is 12.1 Å². The Hall–Kier alpha value is -4.92. The maximum absolute atomic E-state index is 14.0. The van der Waals surface area contributed by atoms with Crippen molar-refractivity contribution >= 4 is 34.2 Å². The van der Waals surface area contributed by atoms with Gasteiger partial charge in [0.1, 0.15) is 29.7 Å². The van der Waals surface area contributed by atoms with Gasteiger partial charge in [0.2, 0.25) is 5.91 Å². The number of aromatic nitrogens is 3. The third kappa shape index (κ3) is 5.38. The number of aryl methyl sites for hydroxylation is 2. The number of carbonyl (C=O) groups is 2. The van der Waals surface area contributed by atoms with Gasteiger partial charge >= 0.3 is 0 Å². The molecule has 5 rings (SSSR count). The van der Waals surface area contributed by atoms with E-state index in [1.807, 2.05) is 44.2 Å². The molecule has 0 saturated heterocycles. The van der Waals surface area contributed by atoms with Gasteiger partial charge in [-0.05, 0) is 79.1 Å². The van der Waals surface area contributed by atoms with E-state index in [-0.39, 0.29) is 12.2 Å².